The van der Waals surface area contributed by atoms with E-state index in [1.54, 1.807) is 13.4 Å². The Labute approximate surface area is 134 Å². The molecule has 3 aromatic rings. The van der Waals surface area contributed by atoms with E-state index >= 15 is 0 Å². The molecule has 1 aliphatic rings. The zero-order valence-electron chi connectivity index (χ0n) is 12.8. The second kappa shape index (κ2) is 5.81. The number of nitrogens with one attached hydrogen (secondary N) is 2. The number of hydrogen-bond acceptors (Lipinski definition) is 5. The summed E-state index contributed by atoms with van der Waals surface area (Å²) in [7, 11) is 1.65. The lowest BCUT2D eigenvalue weighted by Crippen LogP contribution is -2.30. The van der Waals surface area contributed by atoms with E-state index in [4.69, 9.17) is 4.74 Å². The first-order chi connectivity index (χ1) is 11.4. The van der Waals surface area contributed by atoms with Crippen LogP contribution in [0.2, 0.25) is 0 Å². The van der Waals surface area contributed by atoms with Crippen LogP contribution in [0.5, 0.6) is 5.75 Å². The number of para-hydroxylation sites is 1. The molecule has 2 aromatic heterocycles. The fraction of sp³-hybridized carbons (Fsp3) is 0.235. The van der Waals surface area contributed by atoms with Gasteiger partial charge in [0.2, 0.25) is 0 Å². The van der Waals surface area contributed by atoms with Crippen LogP contribution in [-0.2, 0) is 6.42 Å². The van der Waals surface area contributed by atoms with Gasteiger partial charge in [-0.2, -0.15) is 0 Å². The molecule has 0 saturated heterocycles. The summed E-state index contributed by atoms with van der Waals surface area (Å²) in [5.74, 6) is 1.43. The van der Waals surface area contributed by atoms with Gasteiger partial charge < -0.3 is 15.0 Å². The van der Waals surface area contributed by atoms with Crippen molar-refractivity contribution in [3.8, 4) is 17.1 Å². The SMILES string of the molecule is COc1ccccc1-c1ncc(C2NCCc3[nH]cnc32)cn1. The molecule has 1 atom stereocenters. The highest BCUT2D eigenvalue weighted by atomic mass is 16.5. The van der Waals surface area contributed by atoms with Gasteiger partial charge in [0.05, 0.1) is 30.7 Å². The summed E-state index contributed by atoms with van der Waals surface area (Å²) in [5.41, 5.74) is 4.11. The zero-order valence-corrected chi connectivity index (χ0v) is 12.8. The Kier molecular flexibility index (Phi) is 3.51. The van der Waals surface area contributed by atoms with Crippen LogP contribution in [0, 0.1) is 0 Å². The van der Waals surface area contributed by atoms with E-state index in [0.29, 0.717) is 5.82 Å². The molecule has 2 N–H and O–H groups in total. The van der Waals surface area contributed by atoms with Gasteiger partial charge in [0.25, 0.3) is 0 Å². The lowest BCUT2D eigenvalue weighted by atomic mass is 10.0. The minimum absolute atomic E-state index is 0.0386. The molecule has 1 unspecified atom stereocenters. The number of H-pyrrole nitrogens is 1. The van der Waals surface area contributed by atoms with Crippen molar-refractivity contribution < 1.29 is 4.74 Å². The molecule has 6 heteroatoms. The molecule has 0 saturated carbocycles. The third-order valence-corrected chi connectivity index (χ3v) is 4.10. The highest BCUT2D eigenvalue weighted by molar-refractivity contribution is 5.63. The summed E-state index contributed by atoms with van der Waals surface area (Å²) in [6.07, 6.45) is 6.42. The van der Waals surface area contributed by atoms with E-state index in [2.05, 4.69) is 25.3 Å². The van der Waals surface area contributed by atoms with Crippen molar-refractivity contribution >= 4 is 0 Å². The summed E-state index contributed by atoms with van der Waals surface area (Å²) < 4.78 is 5.38. The molecule has 6 nitrogen and oxygen atoms in total. The van der Waals surface area contributed by atoms with Crippen LogP contribution in [0.15, 0.2) is 43.0 Å². The molecule has 0 amide bonds. The van der Waals surface area contributed by atoms with Crippen molar-refractivity contribution in [3.63, 3.8) is 0 Å². The minimum atomic E-state index is 0.0386. The molecule has 1 aliphatic heterocycles. The average molecular weight is 307 g/mol. The highest BCUT2D eigenvalue weighted by Crippen LogP contribution is 2.29. The van der Waals surface area contributed by atoms with Crippen LogP contribution in [0.3, 0.4) is 0 Å². The summed E-state index contributed by atoms with van der Waals surface area (Å²) in [4.78, 5) is 16.7. The van der Waals surface area contributed by atoms with Gasteiger partial charge in [0.1, 0.15) is 5.75 Å². The van der Waals surface area contributed by atoms with Gasteiger partial charge in [-0.1, -0.05) is 12.1 Å². The molecule has 3 heterocycles. The summed E-state index contributed by atoms with van der Waals surface area (Å²) >= 11 is 0. The Morgan fingerprint density at radius 1 is 1.13 bits per heavy atom. The number of methoxy groups -OCH3 is 1. The molecule has 0 spiro atoms. The Morgan fingerprint density at radius 3 is 2.78 bits per heavy atom. The molecule has 4 rings (SSSR count). The second-order valence-electron chi connectivity index (χ2n) is 5.44. The first-order valence-electron chi connectivity index (χ1n) is 7.57. The maximum absolute atomic E-state index is 5.38. The quantitative estimate of drug-likeness (QED) is 0.775. The van der Waals surface area contributed by atoms with Crippen molar-refractivity contribution in [2.24, 2.45) is 0 Å². The van der Waals surface area contributed by atoms with Gasteiger partial charge in [-0.05, 0) is 12.1 Å². The van der Waals surface area contributed by atoms with Crippen LogP contribution in [0.25, 0.3) is 11.4 Å². The van der Waals surface area contributed by atoms with Crippen LogP contribution in [0.1, 0.15) is 23.0 Å². The van der Waals surface area contributed by atoms with Gasteiger partial charge in [-0.3, -0.25) is 0 Å². The van der Waals surface area contributed by atoms with Crippen LogP contribution < -0.4 is 10.1 Å². The lowest BCUT2D eigenvalue weighted by molar-refractivity contribution is 0.416. The number of aromatic nitrogens is 4. The summed E-state index contributed by atoms with van der Waals surface area (Å²) in [6.45, 7) is 0.911. The standard InChI is InChI=1S/C17H17N5O/c1-23-14-5-3-2-4-12(14)17-19-8-11(9-20-17)15-16-13(6-7-18-15)21-10-22-16/h2-5,8-10,15,18H,6-7H2,1H3,(H,21,22). The van der Waals surface area contributed by atoms with Crippen LogP contribution in [0.4, 0.5) is 0 Å². The zero-order chi connectivity index (χ0) is 15.6. The number of hydrogen-bond donors (Lipinski definition) is 2. The normalized spacial score (nSPS) is 16.8. The molecule has 0 radical (unpaired) electrons. The number of ether oxygens (including phenoxy) is 1. The van der Waals surface area contributed by atoms with Gasteiger partial charge in [-0.25, -0.2) is 15.0 Å². The van der Waals surface area contributed by atoms with Crippen molar-refractivity contribution in [3.05, 3.63) is 59.9 Å². The highest BCUT2D eigenvalue weighted by Gasteiger charge is 2.24. The number of imidazole rings is 1. The predicted molar refractivity (Wildman–Crippen MR) is 86.2 cm³/mol. The van der Waals surface area contributed by atoms with E-state index in [1.807, 2.05) is 36.7 Å². The van der Waals surface area contributed by atoms with E-state index < -0.39 is 0 Å². The Morgan fingerprint density at radius 2 is 1.96 bits per heavy atom. The minimum Gasteiger partial charge on any atom is -0.496 e. The lowest BCUT2D eigenvalue weighted by Gasteiger charge is -2.22. The van der Waals surface area contributed by atoms with E-state index in [-0.39, 0.29) is 6.04 Å². The molecule has 0 bridgehead atoms. The van der Waals surface area contributed by atoms with Crippen molar-refractivity contribution in [2.45, 2.75) is 12.5 Å². The first-order valence-corrected chi connectivity index (χ1v) is 7.57. The maximum Gasteiger partial charge on any atom is 0.162 e. The van der Waals surface area contributed by atoms with Crippen LogP contribution >= 0.6 is 0 Å². The molecule has 1 aromatic carbocycles. The molecule has 116 valence electrons. The van der Waals surface area contributed by atoms with Crippen molar-refractivity contribution in [1.82, 2.24) is 25.3 Å². The molecular formula is C17H17N5O. The largest absolute Gasteiger partial charge is 0.496 e. The predicted octanol–water partition coefficient (Wildman–Crippen LogP) is 2.11. The van der Waals surface area contributed by atoms with E-state index in [9.17, 15) is 0 Å². The monoisotopic (exact) mass is 307 g/mol. The Balaban J connectivity index is 1.67. The number of aromatic amines is 1. The van der Waals surface area contributed by atoms with Gasteiger partial charge in [-0.15, -0.1) is 0 Å². The molecule has 0 fully saturated rings. The third kappa shape index (κ3) is 2.47. The van der Waals surface area contributed by atoms with Gasteiger partial charge in [0.15, 0.2) is 5.82 Å². The Bertz CT molecular complexity index is 812. The van der Waals surface area contributed by atoms with Crippen molar-refractivity contribution in [2.75, 3.05) is 13.7 Å². The fourth-order valence-corrected chi connectivity index (χ4v) is 2.95. The molecule has 0 aliphatic carbocycles. The average Bonchev–Trinajstić information content (AvgIpc) is 3.10. The van der Waals surface area contributed by atoms with Crippen LogP contribution in [-0.4, -0.2) is 33.6 Å². The number of nitrogens with zero attached hydrogens (tertiary/aromatic N) is 3. The van der Waals surface area contributed by atoms with E-state index in [0.717, 1.165) is 35.5 Å². The van der Waals surface area contributed by atoms with Gasteiger partial charge in [0, 0.05) is 36.6 Å². The second-order valence-corrected chi connectivity index (χ2v) is 5.44. The number of fused-ring (bicyclic) bond motifs is 1. The summed E-state index contributed by atoms with van der Waals surface area (Å²) in [5, 5.41) is 3.47. The Hall–Kier alpha value is -2.73. The van der Waals surface area contributed by atoms with E-state index in [1.165, 1.54) is 5.69 Å². The first kappa shape index (κ1) is 13.9. The number of benzene rings is 1. The smallest absolute Gasteiger partial charge is 0.162 e. The third-order valence-electron chi connectivity index (χ3n) is 4.10. The van der Waals surface area contributed by atoms with Crippen molar-refractivity contribution in [1.29, 1.82) is 0 Å². The topological polar surface area (TPSA) is 75.7 Å². The van der Waals surface area contributed by atoms with Gasteiger partial charge >= 0.3 is 0 Å². The molecule has 23 heavy (non-hydrogen) atoms. The fourth-order valence-electron chi connectivity index (χ4n) is 2.95. The molecular weight excluding hydrogens is 290 g/mol. The maximum atomic E-state index is 5.38. The summed E-state index contributed by atoms with van der Waals surface area (Å²) in [6, 6.07) is 7.79. The number of rotatable bonds is 3.